The Bertz CT molecular complexity index is 569. The lowest BCUT2D eigenvalue weighted by molar-refractivity contribution is 0.382. The molecule has 0 amide bonds. The van der Waals surface area contributed by atoms with Crippen LogP contribution in [-0.4, -0.2) is 49.6 Å². The molecule has 1 aliphatic rings. The van der Waals surface area contributed by atoms with Crippen molar-refractivity contribution in [2.45, 2.75) is 6.42 Å². The molecule has 5 nitrogen and oxygen atoms in total. The van der Waals surface area contributed by atoms with Crippen LogP contribution in [-0.2, 0) is 10.0 Å². The van der Waals surface area contributed by atoms with Gasteiger partial charge in [-0.2, -0.15) is 4.31 Å². The molecule has 1 saturated heterocycles. The van der Waals surface area contributed by atoms with E-state index in [1.54, 1.807) is 11.0 Å². The number of piperazine rings is 1. The molecule has 1 aromatic heterocycles. The van der Waals surface area contributed by atoms with Gasteiger partial charge in [0, 0.05) is 32.4 Å². The zero-order valence-corrected chi connectivity index (χ0v) is 12.0. The summed E-state index contributed by atoms with van der Waals surface area (Å²) in [5.74, 6) is -0.0137. The van der Waals surface area contributed by atoms with Crippen molar-refractivity contribution in [3.05, 3.63) is 36.8 Å². The number of anilines is 1. The van der Waals surface area contributed by atoms with Crippen LogP contribution < -0.4 is 4.90 Å². The van der Waals surface area contributed by atoms with Gasteiger partial charge >= 0.3 is 0 Å². The van der Waals surface area contributed by atoms with Crippen LogP contribution >= 0.6 is 0 Å². The van der Waals surface area contributed by atoms with Crippen LogP contribution in [0.2, 0.25) is 0 Å². The van der Waals surface area contributed by atoms with E-state index >= 15 is 0 Å². The molecule has 110 valence electrons. The van der Waals surface area contributed by atoms with Gasteiger partial charge in [0.2, 0.25) is 10.0 Å². The monoisotopic (exact) mass is 299 g/mol. The Morgan fingerprint density at radius 2 is 2.05 bits per heavy atom. The van der Waals surface area contributed by atoms with E-state index in [2.05, 4.69) is 11.6 Å². The predicted molar refractivity (Wildman–Crippen MR) is 76.6 cm³/mol. The largest absolute Gasteiger partial charge is 0.352 e. The molecule has 20 heavy (non-hydrogen) atoms. The molecule has 1 aromatic rings. The third-order valence-corrected chi connectivity index (χ3v) is 5.15. The second-order valence-corrected chi connectivity index (χ2v) is 6.68. The van der Waals surface area contributed by atoms with Gasteiger partial charge in [0.25, 0.3) is 0 Å². The van der Waals surface area contributed by atoms with Crippen LogP contribution in [0.3, 0.4) is 0 Å². The van der Waals surface area contributed by atoms with Crippen LogP contribution in [0, 0.1) is 5.82 Å². The minimum Gasteiger partial charge on any atom is -0.352 e. The average Bonchev–Trinajstić information content (AvgIpc) is 2.46. The van der Waals surface area contributed by atoms with Crippen molar-refractivity contribution in [3.8, 4) is 0 Å². The molecule has 0 radical (unpaired) electrons. The van der Waals surface area contributed by atoms with Crippen molar-refractivity contribution >= 4 is 15.8 Å². The van der Waals surface area contributed by atoms with E-state index in [1.807, 2.05) is 0 Å². The fourth-order valence-electron chi connectivity index (χ4n) is 2.15. The number of pyridine rings is 1. The van der Waals surface area contributed by atoms with E-state index in [1.165, 1.54) is 22.6 Å². The van der Waals surface area contributed by atoms with Gasteiger partial charge in [-0.25, -0.2) is 17.8 Å². The normalized spacial score (nSPS) is 17.1. The van der Waals surface area contributed by atoms with Crippen molar-refractivity contribution in [2.24, 2.45) is 0 Å². The molecule has 0 bridgehead atoms. The molecule has 0 spiro atoms. The van der Waals surface area contributed by atoms with Gasteiger partial charge in [-0.15, -0.1) is 6.58 Å². The van der Waals surface area contributed by atoms with E-state index in [4.69, 9.17) is 0 Å². The van der Waals surface area contributed by atoms with Crippen LogP contribution in [0.5, 0.6) is 0 Å². The average molecular weight is 299 g/mol. The molecule has 2 rings (SSSR count). The molecular weight excluding hydrogens is 281 g/mol. The number of aromatic nitrogens is 1. The summed E-state index contributed by atoms with van der Waals surface area (Å²) in [5.41, 5.74) is 0. The van der Waals surface area contributed by atoms with Gasteiger partial charge in [-0.3, -0.25) is 0 Å². The zero-order valence-electron chi connectivity index (χ0n) is 11.2. The van der Waals surface area contributed by atoms with E-state index in [-0.39, 0.29) is 17.4 Å². The van der Waals surface area contributed by atoms with Gasteiger partial charge in [0.05, 0.1) is 5.75 Å². The lowest BCUT2D eigenvalue weighted by atomic mass is 10.3. The van der Waals surface area contributed by atoms with Crippen LogP contribution in [0.25, 0.3) is 0 Å². The van der Waals surface area contributed by atoms with Crippen molar-refractivity contribution < 1.29 is 12.8 Å². The Hall–Kier alpha value is -1.47. The highest BCUT2D eigenvalue weighted by atomic mass is 32.2. The summed E-state index contributed by atoms with van der Waals surface area (Å²) in [6, 6.07) is 2.89. The number of allylic oxidation sites excluding steroid dienone is 1. The smallest absolute Gasteiger partial charge is 0.214 e. The number of nitrogens with zero attached hydrogens (tertiary/aromatic N) is 3. The summed E-state index contributed by atoms with van der Waals surface area (Å²) in [5, 5.41) is 0. The molecule has 2 heterocycles. The standard InChI is InChI=1S/C13H18FN3O2S/c1-2-3-11-20(18,19)17-9-7-16(8-10-17)13-12(14)5-4-6-15-13/h2,4-6H,1,3,7-11H2. The first-order valence-electron chi connectivity index (χ1n) is 6.49. The molecule has 7 heteroatoms. The van der Waals surface area contributed by atoms with Crippen LogP contribution in [0.1, 0.15) is 6.42 Å². The second kappa shape index (κ2) is 6.32. The molecule has 0 atom stereocenters. The maximum absolute atomic E-state index is 13.6. The molecule has 0 unspecified atom stereocenters. The predicted octanol–water partition coefficient (Wildman–Crippen LogP) is 1.25. The van der Waals surface area contributed by atoms with Gasteiger partial charge < -0.3 is 4.90 Å². The highest BCUT2D eigenvalue weighted by Gasteiger charge is 2.27. The topological polar surface area (TPSA) is 53.5 Å². The summed E-state index contributed by atoms with van der Waals surface area (Å²) in [6.07, 6.45) is 3.57. The summed E-state index contributed by atoms with van der Waals surface area (Å²) in [4.78, 5) is 5.78. The lowest BCUT2D eigenvalue weighted by Gasteiger charge is -2.34. The van der Waals surface area contributed by atoms with Crippen LogP contribution in [0.4, 0.5) is 10.2 Å². The highest BCUT2D eigenvalue weighted by Crippen LogP contribution is 2.18. The number of sulfonamides is 1. The minimum atomic E-state index is -3.24. The third kappa shape index (κ3) is 3.34. The van der Waals surface area contributed by atoms with Crippen molar-refractivity contribution in [2.75, 3.05) is 36.8 Å². The van der Waals surface area contributed by atoms with Gasteiger partial charge in [-0.1, -0.05) is 6.08 Å². The number of hydrogen-bond donors (Lipinski definition) is 0. The van der Waals surface area contributed by atoms with Gasteiger partial charge in [-0.05, 0) is 18.6 Å². The van der Waals surface area contributed by atoms with E-state index in [0.29, 0.717) is 32.6 Å². The minimum absolute atomic E-state index is 0.0778. The summed E-state index contributed by atoms with van der Waals surface area (Å²) >= 11 is 0. The molecule has 1 aliphatic heterocycles. The summed E-state index contributed by atoms with van der Waals surface area (Å²) < 4.78 is 39.1. The lowest BCUT2D eigenvalue weighted by Crippen LogP contribution is -2.49. The number of rotatable bonds is 5. The first-order chi connectivity index (χ1) is 9.54. The van der Waals surface area contributed by atoms with Crippen molar-refractivity contribution in [3.63, 3.8) is 0 Å². The molecule has 0 N–H and O–H groups in total. The summed E-state index contributed by atoms with van der Waals surface area (Å²) in [7, 11) is -3.24. The highest BCUT2D eigenvalue weighted by molar-refractivity contribution is 7.89. The van der Waals surface area contributed by atoms with Gasteiger partial charge in [0.15, 0.2) is 11.6 Å². The van der Waals surface area contributed by atoms with Gasteiger partial charge in [0.1, 0.15) is 0 Å². The second-order valence-electron chi connectivity index (χ2n) is 4.59. The Morgan fingerprint density at radius 1 is 1.35 bits per heavy atom. The Kier molecular flexibility index (Phi) is 4.72. The van der Waals surface area contributed by atoms with Crippen molar-refractivity contribution in [1.82, 2.24) is 9.29 Å². The quantitative estimate of drug-likeness (QED) is 0.768. The molecule has 0 aromatic carbocycles. The molecule has 0 saturated carbocycles. The maximum Gasteiger partial charge on any atom is 0.214 e. The van der Waals surface area contributed by atoms with E-state index < -0.39 is 10.0 Å². The molecule has 0 aliphatic carbocycles. The maximum atomic E-state index is 13.6. The first-order valence-corrected chi connectivity index (χ1v) is 8.09. The molecular formula is C13H18FN3O2S. The fraction of sp³-hybridized carbons (Fsp3) is 0.462. The van der Waals surface area contributed by atoms with E-state index in [9.17, 15) is 12.8 Å². The third-order valence-electron chi connectivity index (χ3n) is 3.25. The molecule has 1 fully saturated rings. The Morgan fingerprint density at radius 3 is 2.65 bits per heavy atom. The Balaban J connectivity index is 1.99. The zero-order chi connectivity index (χ0) is 14.6. The van der Waals surface area contributed by atoms with Crippen molar-refractivity contribution in [1.29, 1.82) is 0 Å². The first kappa shape index (κ1) is 14.9. The van der Waals surface area contributed by atoms with Crippen LogP contribution in [0.15, 0.2) is 31.0 Å². The Labute approximate surface area is 118 Å². The summed E-state index contributed by atoms with van der Waals surface area (Å²) in [6.45, 7) is 5.13. The van der Waals surface area contributed by atoms with E-state index in [0.717, 1.165) is 0 Å². The number of hydrogen-bond acceptors (Lipinski definition) is 4. The number of halogens is 1. The SMILES string of the molecule is C=CCCS(=O)(=O)N1CCN(c2ncccc2F)CC1. The fourth-order valence-corrected chi connectivity index (χ4v) is 3.59.